The van der Waals surface area contributed by atoms with Crippen molar-refractivity contribution in [2.45, 2.75) is 38.1 Å². The SMILES string of the molecule is NCCCCN1CC(=O)N2CCCCC2C1=O. The molecule has 2 saturated heterocycles. The first-order valence-corrected chi connectivity index (χ1v) is 6.52. The van der Waals surface area contributed by atoms with Gasteiger partial charge < -0.3 is 15.5 Å². The lowest BCUT2D eigenvalue weighted by molar-refractivity contribution is -0.157. The summed E-state index contributed by atoms with van der Waals surface area (Å²) in [5.74, 6) is 0.253. The molecule has 2 amide bonds. The zero-order valence-corrected chi connectivity index (χ0v) is 10.2. The number of unbranched alkanes of at least 4 members (excludes halogenated alkanes) is 1. The summed E-state index contributed by atoms with van der Waals surface area (Å²) in [6.45, 7) is 2.34. The zero-order valence-electron chi connectivity index (χ0n) is 10.2. The van der Waals surface area contributed by atoms with Crippen molar-refractivity contribution in [2.24, 2.45) is 5.73 Å². The predicted octanol–water partition coefficient (Wildman–Crippen LogP) is -0.0514. The molecule has 5 heteroatoms. The summed E-state index contributed by atoms with van der Waals surface area (Å²) >= 11 is 0. The molecular formula is C12H21N3O2. The minimum Gasteiger partial charge on any atom is -0.332 e. The van der Waals surface area contributed by atoms with E-state index in [-0.39, 0.29) is 24.4 Å². The van der Waals surface area contributed by atoms with E-state index >= 15 is 0 Å². The number of carbonyl (C=O) groups is 2. The van der Waals surface area contributed by atoms with Gasteiger partial charge in [0.15, 0.2) is 0 Å². The lowest BCUT2D eigenvalue weighted by Gasteiger charge is -2.42. The Morgan fingerprint density at radius 3 is 2.82 bits per heavy atom. The monoisotopic (exact) mass is 239 g/mol. The first kappa shape index (κ1) is 12.4. The lowest BCUT2D eigenvalue weighted by Crippen LogP contribution is -2.61. The minimum absolute atomic E-state index is 0.113. The first-order chi connectivity index (χ1) is 8.24. The highest BCUT2D eigenvalue weighted by Gasteiger charge is 2.39. The molecule has 96 valence electrons. The van der Waals surface area contributed by atoms with Crippen LogP contribution in [0.1, 0.15) is 32.1 Å². The molecule has 1 atom stereocenters. The fourth-order valence-corrected chi connectivity index (χ4v) is 2.67. The average molecular weight is 239 g/mol. The maximum absolute atomic E-state index is 12.2. The average Bonchev–Trinajstić information content (AvgIpc) is 2.36. The Balaban J connectivity index is 1.96. The molecule has 2 N–H and O–H groups in total. The molecule has 0 spiro atoms. The van der Waals surface area contributed by atoms with E-state index in [1.54, 1.807) is 9.80 Å². The molecule has 0 aliphatic carbocycles. The molecule has 2 aliphatic rings. The number of hydrogen-bond acceptors (Lipinski definition) is 3. The highest BCUT2D eigenvalue weighted by atomic mass is 16.2. The van der Waals surface area contributed by atoms with Crippen molar-refractivity contribution >= 4 is 11.8 Å². The van der Waals surface area contributed by atoms with Crippen LogP contribution in [-0.4, -0.2) is 53.8 Å². The maximum atomic E-state index is 12.2. The Hall–Kier alpha value is -1.10. The van der Waals surface area contributed by atoms with Gasteiger partial charge in [0.05, 0.1) is 6.54 Å². The fourth-order valence-electron chi connectivity index (χ4n) is 2.67. The van der Waals surface area contributed by atoms with Crippen LogP contribution in [0.3, 0.4) is 0 Å². The van der Waals surface area contributed by atoms with E-state index in [2.05, 4.69) is 0 Å². The second kappa shape index (κ2) is 5.49. The first-order valence-electron chi connectivity index (χ1n) is 6.52. The Morgan fingerprint density at radius 2 is 2.06 bits per heavy atom. The molecule has 0 saturated carbocycles. The quantitative estimate of drug-likeness (QED) is 0.699. The topological polar surface area (TPSA) is 66.6 Å². The number of nitrogens with two attached hydrogens (primary N) is 1. The number of hydrogen-bond donors (Lipinski definition) is 1. The van der Waals surface area contributed by atoms with Gasteiger partial charge in [-0.3, -0.25) is 9.59 Å². The zero-order chi connectivity index (χ0) is 12.3. The molecule has 2 heterocycles. The maximum Gasteiger partial charge on any atom is 0.245 e. The van der Waals surface area contributed by atoms with Gasteiger partial charge in [0.1, 0.15) is 6.04 Å². The van der Waals surface area contributed by atoms with E-state index in [4.69, 9.17) is 5.73 Å². The van der Waals surface area contributed by atoms with Gasteiger partial charge in [-0.25, -0.2) is 0 Å². The van der Waals surface area contributed by atoms with Crippen LogP contribution in [0.2, 0.25) is 0 Å². The van der Waals surface area contributed by atoms with E-state index in [0.29, 0.717) is 13.1 Å². The van der Waals surface area contributed by atoms with Gasteiger partial charge in [0.2, 0.25) is 11.8 Å². The number of nitrogens with zero attached hydrogens (tertiary/aromatic N) is 2. The molecule has 0 aromatic rings. The summed E-state index contributed by atoms with van der Waals surface area (Å²) in [5, 5.41) is 0. The standard InChI is InChI=1S/C12H21N3O2/c13-6-2-4-7-14-9-11(16)15-8-3-1-5-10(15)12(14)17/h10H,1-9,13H2. The number of carbonyl (C=O) groups excluding carboxylic acids is 2. The van der Waals surface area contributed by atoms with Crippen LogP contribution < -0.4 is 5.73 Å². The third-order valence-electron chi connectivity index (χ3n) is 3.63. The lowest BCUT2D eigenvalue weighted by atomic mass is 9.98. The third kappa shape index (κ3) is 2.60. The molecule has 0 radical (unpaired) electrons. The summed E-state index contributed by atoms with van der Waals surface area (Å²) in [4.78, 5) is 27.6. The van der Waals surface area contributed by atoms with E-state index in [9.17, 15) is 9.59 Å². The normalized spacial score (nSPS) is 25.1. The van der Waals surface area contributed by atoms with Crippen LogP contribution in [-0.2, 0) is 9.59 Å². The minimum atomic E-state index is -0.178. The number of piperazine rings is 1. The van der Waals surface area contributed by atoms with Crippen LogP contribution in [0.4, 0.5) is 0 Å². The molecular weight excluding hydrogens is 218 g/mol. The van der Waals surface area contributed by atoms with Gasteiger partial charge >= 0.3 is 0 Å². The van der Waals surface area contributed by atoms with Crippen LogP contribution in [0.25, 0.3) is 0 Å². The van der Waals surface area contributed by atoms with Gasteiger partial charge in [0.25, 0.3) is 0 Å². The summed E-state index contributed by atoms with van der Waals surface area (Å²) in [5.41, 5.74) is 5.43. The number of rotatable bonds is 4. The molecule has 0 aromatic carbocycles. The van der Waals surface area contributed by atoms with E-state index in [1.807, 2.05) is 0 Å². The molecule has 1 unspecified atom stereocenters. The highest BCUT2D eigenvalue weighted by molar-refractivity contribution is 5.95. The van der Waals surface area contributed by atoms with E-state index in [1.165, 1.54) is 0 Å². The number of fused-ring (bicyclic) bond motifs is 1. The summed E-state index contributed by atoms with van der Waals surface area (Å²) < 4.78 is 0. The van der Waals surface area contributed by atoms with Crippen molar-refractivity contribution in [3.05, 3.63) is 0 Å². The summed E-state index contributed by atoms with van der Waals surface area (Å²) in [6, 6.07) is -0.178. The van der Waals surface area contributed by atoms with Crippen LogP contribution in [0.15, 0.2) is 0 Å². The van der Waals surface area contributed by atoms with Crippen LogP contribution in [0.5, 0.6) is 0 Å². The molecule has 17 heavy (non-hydrogen) atoms. The van der Waals surface area contributed by atoms with Crippen molar-refractivity contribution in [1.82, 2.24) is 9.80 Å². The van der Waals surface area contributed by atoms with Crippen molar-refractivity contribution in [3.8, 4) is 0 Å². The fraction of sp³-hybridized carbons (Fsp3) is 0.833. The van der Waals surface area contributed by atoms with Crippen molar-refractivity contribution in [2.75, 3.05) is 26.2 Å². The van der Waals surface area contributed by atoms with Crippen LogP contribution >= 0.6 is 0 Å². The molecule has 2 aliphatic heterocycles. The van der Waals surface area contributed by atoms with Crippen molar-refractivity contribution in [3.63, 3.8) is 0 Å². The molecule has 2 fully saturated rings. The number of amides is 2. The molecule has 2 rings (SSSR count). The van der Waals surface area contributed by atoms with Gasteiger partial charge in [-0.1, -0.05) is 0 Å². The van der Waals surface area contributed by atoms with Gasteiger partial charge in [0, 0.05) is 13.1 Å². The smallest absolute Gasteiger partial charge is 0.245 e. The van der Waals surface area contributed by atoms with Gasteiger partial charge in [-0.2, -0.15) is 0 Å². The van der Waals surface area contributed by atoms with Crippen LogP contribution in [0, 0.1) is 0 Å². The van der Waals surface area contributed by atoms with Gasteiger partial charge in [-0.15, -0.1) is 0 Å². The van der Waals surface area contributed by atoms with Crippen molar-refractivity contribution in [1.29, 1.82) is 0 Å². The molecule has 0 aromatic heterocycles. The summed E-state index contributed by atoms with van der Waals surface area (Å²) in [7, 11) is 0. The van der Waals surface area contributed by atoms with Gasteiger partial charge in [-0.05, 0) is 38.6 Å². The molecule has 0 bridgehead atoms. The number of piperidine rings is 1. The summed E-state index contributed by atoms with van der Waals surface area (Å²) in [6.07, 6.45) is 4.71. The Labute approximate surface area is 102 Å². The predicted molar refractivity (Wildman–Crippen MR) is 64.2 cm³/mol. The Kier molecular flexibility index (Phi) is 3.99. The van der Waals surface area contributed by atoms with E-state index in [0.717, 1.165) is 38.6 Å². The van der Waals surface area contributed by atoms with Crippen molar-refractivity contribution < 1.29 is 9.59 Å². The third-order valence-corrected chi connectivity index (χ3v) is 3.63. The Morgan fingerprint density at radius 1 is 1.24 bits per heavy atom. The molecule has 5 nitrogen and oxygen atoms in total. The van der Waals surface area contributed by atoms with E-state index < -0.39 is 0 Å². The highest BCUT2D eigenvalue weighted by Crippen LogP contribution is 2.23. The largest absolute Gasteiger partial charge is 0.332 e. The Bertz CT molecular complexity index is 306. The second-order valence-electron chi connectivity index (χ2n) is 4.85. The second-order valence-corrected chi connectivity index (χ2v) is 4.85.